The normalized spacial score (nSPS) is 16.9. The molecule has 0 aromatic heterocycles. The van der Waals surface area contributed by atoms with Gasteiger partial charge in [0, 0.05) is 17.3 Å². The van der Waals surface area contributed by atoms with Crippen molar-refractivity contribution in [1.29, 1.82) is 0 Å². The molecule has 2 rings (SSSR count). The van der Waals surface area contributed by atoms with E-state index >= 15 is 0 Å². The van der Waals surface area contributed by atoms with Crippen LogP contribution in [0.15, 0.2) is 12.1 Å². The van der Waals surface area contributed by atoms with Crippen LogP contribution in [0.1, 0.15) is 44.2 Å². The van der Waals surface area contributed by atoms with Crippen LogP contribution in [0.4, 0.5) is 5.69 Å². The number of carbonyl (C=O) groups is 1. The quantitative estimate of drug-likeness (QED) is 0.757. The molecular formula is C15H21ClN2O2. The summed E-state index contributed by atoms with van der Waals surface area (Å²) in [5, 5.41) is 6.36. The predicted molar refractivity (Wildman–Crippen MR) is 81.5 cm³/mol. The highest BCUT2D eigenvalue weighted by Crippen LogP contribution is 2.38. The van der Waals surface area contributed by atoms with E-state index in [1.165, 1.54) is 12.8 Å². The van der Waals surface area contributed by atoms with Crippen LogP contribution >= 0.6 is 11.6 Å². The van der Waals surface area contributed by atoms with Crippen molar-refractivity contribution in [3.63, 3.8) is 0 Å². The number of halogens is 1. The van der Waals surface area contributed by atoms with E-state index < -0.39 is 0 Å². The summed E-state index contributed by atoms with van der Waals surface area (Å²) in [5.41, 5.74) is 1.66. The number of hydrogen-bond acceptors (Lipinski definition) is 3. The fourth-order valence-corrected chi connectivity index (χ4v) is 2.60. The van der Waals surface area contributed by atoms with E-state index in [1.807, 2.05) is 6.07 Å². The van der Waals surface area contributed by atoms with Crippen LogP contribution in [-0.4, -0.2) is 19.6 Å². The van der Waals surface area contributed by atoms with Gasteiger partial charge in [-0.25, -0.2) is 0 Å². The number of fused-ring (bicyclic) bond motifs is 1. The zero-order chi connectivity index (χ0) is 14.5. The van der Waals surface area contributed by atoms with Gasteiger partial charge in [-0.15, -0.1) is 0 Å². The van der Waals surface area contributed by atoms with Crippen LogP contribution in [0.2, 0.25) is 5.02 Å². The second kappa shape index (κ2) is 6.95. The minimum absolute atomic E-state index is 0.0568. The molecule has 5 heteroatoms. The van der Waals surface area contributed by atoms with Gasteiger partial charge in [-0.05, 0) is 19.5 Å². The number of hydrogen-bond donors (Lipinski definition) is 2. The third kappa shape index (κ3) is 3.25. The van der Waals surface area contributed by atoms with Gasteiger partial charge in [0.25, 0.3) is 0 Å². The molecule has 0 fully saturated rings. The highest BCUT2D eigenvalue weighted by atomic mass is 35.5. The van der Waals surface area contributed by atoms with Gasteiger partial charge in [0.05, 0.1) is 11.6 Å². The number of unbranched alkanes of at least 4 members (excludes halogenated alkanes) is 3. The van der Waals surface area contributed by atoms with Gasteiger partial charge in [-0.1, -0.05) is 37.8 Å². The zero-order valence-electron chi connectivity index (χ0n) is 12.0. The van der Waals surface area contributed by atoms with Gasteiger partial charge < -0.3 is 15.4 Å². The zero-order valence-corrected chi connectivity index (χ0v) is 12.7. The fraction of sp³-hybridized carbons (Fsp3) is 0.533. The molecule has 1 aliphatic heterocycles. The number of nitrogens with one attached hydrogen (secondary N) is 2. The van der Waals surface area contributed by atoms with Crippen molar-refractivity contribution in [2.24, 2.45) is 0 Å². The summed E-state index contributed by atoms with van der Waals surface area (Å²) in [5.74, 6) is 0.581. The van der Waals surface area contributed by atoms with Crippen molar-refractivity contribution in [3.8, 4) is 5.75 Å². The monoisotopic (exact) mass is 296 g/mol. The second-order valence-corrected chi connectivity index (χ2v) is 5.40. The Morgan fingerprint density at radius 3 is 2.85 bits per heavy atom. The summed E-state index contributed by atoms with van der Waals surface area (Å²) < 4.78 is 5.71. The first-order valence-corrected chi connectivity index (χ1v) is 7.49. The molecule has 0 radical (unpaired) electrons. The average molecular weight is 297 g/mol. The molecule has 0 saturated carbocycles. The number of carbonyl (C=O) groups excluding carboxylic acids is 1. The van der Waals surface area contributed by atoms with E-state index in [4.69, 9.17) is 16.3 Å². The summed E-state index contributed by atoms with van der Waals surface area (Å²) in [6, 6.07) is 3.28. The molecule has 4 nitrogen and oxygen atoms in total. The average Bonchev–Trinajstić information content (AvgIpc) is 2.73. The Labute approximate surface area is 124 Å². The molecule has 0 aliphatic carbocycles. The van der Waals surface area contributed by atoms with E-state index in [0.29, 0.717) is 17.4 Å². The first-order chi connectivity index (χ1) is 9.67. The third-order valence-electron chi connectivity index (χ3n) is 3.48. The van der Waals surface area contributed by atoms with Crippen molar-refractivity contribution in [2.45, 2.75) is 38.6 Å². The first-order valence-electron chi connectivity index (χ1n) is 7.11. The minimum atomic E-state index is -0.332. The molecule has 20 heavy (non-hydrogen) atoms. The highest BCUT2D eigenvalue weighted by Gasteiger charge is 2.30. The molecule has 2 N–H and O–H groups in total. The van der Waals surface area contributed by atoms with Crippen LogP contribution < -0.4 is 15.4 Å². The molecular weight excluding hydrogens is 276 g/mol. The van der Waals surface area contributed by atoms with Gasteiger partial charge in [-0.3, -0.25) is 4.79 Å². The Morgan fingerprint density at radius 2 is 2.15 bits per heavy atom. The van der Waals surface area contributed by atoms with Gasteiger partial charge in [-0.2, -0.15) is 0 Å². The number of rotatable bonds is 7. The highest BCUT2D eigenvalue weighted by molar-refractivity contribution is 6.32. The summed E-state index contributed by atoms with van der Waals surface area (Å²) in [7, 11) is 1.76. The summed E-state index contributed by atoms with van der Waals surface area (Å²) >= 11 is 6.23. The minimum Gasteiger partial charge on any atom is -0.492 e. The van der Waals surface area contributed by atoms with Crippen molar-refractivity contribution < 1.29 is 9.53 Å². The summed E-state index contributed by atoms with van der Waals surface area (Å²) in [4.78, 5) is 11.8. The van der Waals surface area contributed by atoms with Gasteiger partial charge in [0.15, 0.2) is 0 Å². The van der Waals surface area contributed by atoms with E-state index in [1.54, 1.807) is 13.1 Å². The molecule has 0 bridgehead atoms. The molecule has 1 aromatic carbocycles. The summed E-state index contributed by atoms with van der Waals surface area (Å²) in [6.07, 6.45) is 4.61. The lowest BCUT2D eigenvalue weighted by molar-refractivity contribution is -0.117. The van der Waals surface area contributed by atoms with Crippen LogP contribution in [0.5, 0.6) is 5.75 Å². The molecule has 1 aromatic rings. The van der Waals surface area contributed by atoms with Gasteiger partial charge >= 0.3 is 0 Å². The number of likely N-dealkylation sites (N-methyl/N-ethyl adjacent to an activating group) is 1. The van der Waals surface area contributed by atoms with Crippen LogP contribution in [0.25, 0.3) is 0 Å². The molecule has 0 spiro atoms. The molecule has 1 unspecified atom stereocenters. The number of anilines is 1. The van der Waals surface area contributed by atoms with Gasteiger partial charge in [0.2, 0.25) is 5.91 Å². The standard InChI is InChI=1S/C15H21ClN2O2/c1-3-4-5-6-7-20-13-9-12-10(8-11(13)16)14(17-2)15(19)18-12/h8-9,14,17H,3-7H2,1-2H3,(H,18,19). The third-order valence-corrected chi connectivity index (χ3v) is 3.77. The Hall–Kier alpha value is -1.26. The molecule has 1 amide bonds. The maximum absolute atomic E-state index is 11.8. The largest absolute Gasteiger partial charge is 0.492 e. The number of amides is 1. The lowest BCUT2D eigenvalue weighted by Gasteiger charge is -2.11. The molecule has 1 atom stereocenters. The van der Waals surface area contributed by atoms with E-state index in [0.717, 1.165) is 24.1 Å². The lowest BCUT2D eigenvalue weighted by Crippen LogP contribution is -2.23. The number of benzene rings is 1. The smallest absolute Gasteiger partial charge is 0.246 e. The second-order valence-electron chi connectivity index (χ2n) is 4.99. The van der Waals surface area contributed by atoms with Gasteiger partial charge in [0.1, 0.15) is 11.8 Å². The van der Waals surface area contributed by atoms with Crippen LogP contribution in [-0.2, 0) is 4.79 Å². The lowest BCUT2D eigenvalue weighted by atomic mass is 10.1. The maximum atomic E-state index is 11.8. The summed E-state index contributed by atoms with van der Waals surface area (Å²) in [6.45, 7) is 2.83. The Kier molecular flexibility index (Phi) is 5.26. The van der Waals surface area contributed by atoms with Crippen LogP contribution in [0, 0.1) is 0 Å². The fourth-order valence-electron chi connectivity index (χ4n) is 2.37. The topological polar surface area (TPSA) is 50.4 Å². The van der Waals surface area contributed by atoms with E-state index in [2.05, 4.69) is 17.6 Å². The Morgan fingerprint density at radius 1 is 1.35 bits per heavy atom. The first kappa shape index (κ1) is 15.1. The van der Waals surface area contributed by atoms with Crippen LogP contribution in [0.3, 0.4) is 0 Å². The van der Waals surface area contributed by atoms with Crippen molar-refractivity contribution in [1.82, 2.24) is 5.32 Å². The molecule has 1 aliphatic rings. The molecule has 1 heterocycles. The predicted octanol–water partition coefficient (Wildman–Crippen LogP) is 3.51. The van der Waals surface area contributed by atoms with E-state index in [9.17, 15) is 4.79 Å². The Bertz CT molecular complexity index is 491. The number of ether oxygens (including phenoxy) is 1. The van der Waals surface area contributed by atoms with Crippen molar-refractivity contribution in [3.05, 3.63) is 22.7 Å². The maximum Gasteiger partial charge on any atom is 0.246 e. The van der Waals surface area contributed by atoms with Crippen molar-refractivity contribution >= 4 is 23.2 Å². The van der Waals surface area contributed by atoms with Crippen molar-refractivity contribution in [2.75, 3.05) is 19.0 Å². The SMILES string of the molecule is CCCCCCOc1cc2c(cc1Cl)C(NC)C(=O)N2. The van der Waals surface area contributed by atoms with E-state index in [-0.39, 0.29) is 11.9 Å². The Balaban J connectivity index is 2.02. The molecule has 110 valence electrons. The molecule has 0 saturated heterocycles.